The second-order valence-electron chi connectivity index (χ2n) is 8.26. The molecule has 0 aliphatic rings. The Morgan fingerprint density at radius 1 is 1.10 bits per heavy atom. The minimum atomic E-state index is -0.541. The van der Waals surface area contributed by atoms with E-state index < -0.39 is 11.7 Å². The summed E-state index contributed by atoms with van der Waals surface area (Å²) in [5.74, 6) is 0.777. The van der Waals surface area contributed by atoms with Gasteiger partial charge in [0.2, 0.25) is 0 Å². The molecule has 1 heterocycles. The summed E-state index contributed by atoms with van der Waals surface area (Å²) in [6, 6.07) is 13.5. The lowest BCUT2D eigenvalue weighted by atomic mass is 10.2. The summed E-state index contributed by atoms with van der Waals surface area (Å²) in [5.41, 5.74) is 2.08. The van der Waals surface area contributed by atoms with E-state index in [0.29, 0.717) is 26.1 Å². The van der Waals surface area contributed by atoms with Gasteiger partial charge in [0.1, 0.15) is 11.4 Å². The van der Waals surface area contributed by atoms with E-state index in [2.05, 4.69) is 21.2 Å². The molecule has 0 spiro atoms. The van der Waals surface area contributed by atoms with Crippen LogP contribution in [0.25, 0.3) is 11.0 Å². The first-order chi connectivity index (χ1) is 14.7. The Balaban J connectivity index is 1.79. The average Bonchev–Trinajstić information content (AvgIpc) is 2.97. The lowest BCUT2D eigenvalue weighted by Crippen LogP contribution is -2.33. The third kappa shape index (κ3) is 5.70. The molecule has 1 amide bonds. The fourth-order valence-corrected chi connectivity index (χ4v) is 3.92. The molecule has 0 fully saturated rings. The van der Waals surface area contributed by atoms with Crippen molar-refractivity contribution in [1.29, 1.82) is 0 Å². The van der Waals surface area contributed by atoms with E-state index in [0.717, 1.165) is 26.8 Å². The number of carbonyl (C=O) groups is 1. The Bertz CT molecular complexity index is 1110. The molecule has 0 unspecified atom stereocenters. The molecule has 7 nitrogen and oxygen atoms in total. The molecule has 0 bridgehead atoms. The molecule has 1 aromatic heterocycles. The zero-order valence-electron chi connectivity index (χ0n) is 18.3. The number of nitrogens with zero attached hydrogens (tertiary/aromatic N) is 2. The smallest absolute Gasteiger partial charge is 0.407 e. The van der Waals surface area contributed by atoms with Crippen LogP contribution in [0.4, 0.5) is 4.79 Å². The molecule has 0 saturated heterocycles. The number of methoxy groups -OCH3 is 1. The van der Waals surface area contributed by atoms with E-state index in [4.69, 9.17) is 9.47 Å². The number of ether oxygens (including phenoxy) is 2. The van der Waals surface area contributed by atoms with Crippen LogP contribution in [0.5, 0.6) is 5.75 Å². The molecule has 0 aliphatic heterocycles. The van der Waals surface area contributed by atoms with Crippen LogP contribution >= 0.6 is 15.9 Å². The van der Waals surface area contributed by atoms with Gasteiger partial charge in [0.05, 0.1) is 24.7 Å². The van der Waals surface area contributed by atoms with Gasteiger partial charge in [-0.15, -0.1) is 0 Å². The Morgan fingerprint density at radius 3 is 2.45 bits per heavy atom. The number of hydrogen-bond donors (Lipinski definition) is 1. The SMILES string of the molecule is COc1ccc(Cn2c(=O)n(CCCNC(=O)OC(C)(C)C)c3c(Br)cccc32)cc1. The highest BCUT2D eigenvalue weighted by Crippen LogP contribution is 2.24. The predicted octanol–water partition coefficient (Wildman–Crippen LogP) is 4.54. The van der Waals surface area contributed by atoms with Gasteiger partial charge in [-0.1, -0.05) is 18.2 Å². The zero-order chi connectivity index (χ0) is 22.6. The van der Waals surface area contributed by atoms with E-state index >= 15 is 0 Å². The topological polar surface area (TPSA) is 74.5 Å². The molecule has 31 heavy (non-hydrogen) atoms. The molecular weight excluding hydrogens is 462 g/mol. The minimum Gasteiger partial charge on any atom is -0.497 e. The van der Waals surface area contributed by atoms with Gasteiger partial charge in [-0.05, 0) is 73.0 Å². The van der Waals surface area contributed by atoms with Crippen molar-refractivity contribution in [2.75, 3.05) is 13.7 Å². The van der Waals surface area contributed by atoms with Gasteiger partial charge < -0.3 is 14.8 Å². The van der Waals surface area contributed by atoms with Crippen LogP contribution in [0.3, 0.4) is 0 Å². The number of halogens is 1. The summed E-state index contributed by atoms with van der Waals surface area (Å²) in [6.45, 7) is 6.81. The lowest BCUT2D eigenvalue weighted by molar-refractivity contribution is 0.0526. The number of rotatable bonds is 7. The van der Waals surface area contributed by atoms with E-state index in [-0.39, 0.29) is 5.69 Å². The summed E-state index contributed by atoms with van der Waals surface area (Å²) in [5, 5.41) is 2.74. The molecule has 2 aromatic carbocycles. The van der Waals surface area contributed by atoms with Crippen LogP contribution in [0.1, 0.15) is 32.8 Å². The lowest BCUT2D eigenvalue weighted by Gasteiger charge is -2.19. The Hall–Kier alpha value is -2.74. The summed E-state index contributed by atoms with van der Waals surface area (Å²) in [4.78, 5) is 25.1. The van der Waals surface area contributed by atoms with Gasteiger partial charge in [0.25, 0.3) is 0 Å². The molecule has 0 radical (unpaired) electrons. The normalized spacial score (nSPS) is 11.5. The number of amides is 1. The molecule has 8 heteroatoms. The number of para-hydroxylation sites is 1. The summed E-state index contributed by atoms with van der Waals surface area (Å²) in [7, 11) is 1.63. The number of aryl methyl sites for hydroxylation is 1. The fourth-order valence-electron chi connectivity index (χ4n) is 3.35. The first kappa shape index (κ1) is 22.9. The number of benzene rings is 2. The maximum Gasteiger partial charge on any atom is 0.407 e. The van der Waals surface area contributed by atoms with Crippen molar-refractivity contribution in [3.05, 3.63) is 63.0 Å². The predicted molar refractivity (Wildman–Crippen MR) is 125 cm³/mol. The van der Waals surface area contributed by atoms with Crippen LogP contribution in [0, 0.1) is 0 Å². The molecular formula is C23H28BrN3O4. The van der Waals surface area contributed by atoms with Gasteiger partial charge in [-0.2, -0.15) is 0 Å². The van der Waals surface area contributed by atoms with Gasteiger partial charge in [-0.3, -0.25) is 9.13 Å². The van der Waals surface area contributed by atoms with Gasteiger partial charge in [0, 0.05) is 17.6 Å². The molecule has 0 saturated carbocycles. The monoisotopic (exact) mass is 489 g/mol. The largest absolute Gasteiger partial charge is 0.497 e. The molecule has 3 rings (SSSR count). The zero-order valence-corrected chi connectivity index (χ0v) is 19.9. The van der Waals surface area contributed by atoms with Crippen molar-refractivity contribution in [3.63, 3.8) is 0 Å². The van der Waals surface area contributed by atoms with Crippen LogP contribution < -0.4 is 15.7 Å². The third-order valence-electron chi connectivity index (χ3n) is 4.71. The van der Waals surface area contributed by atoms with Crippen molar-refractivity contribution in [3.8, 4) is 5.75 Å². The van der Waals surface area contributed by atoms with Crippen LogP contribution in [0.2, 0.25) is 0 Å². The van der Waals surface area contributed by atoms with Crippen molar-refractivity contribution >= 4 is 33.1 Å². The number of aromatic nitrogens is 2. The van der Waals surface area contributed by atoms with Gasteiger partial charge >= 0.3 is 11.8 Å². The number of imidazole rings is 1. The Morgan fingerprint density at radius 2 is 1.81 bits per heavy atom. The van der Waals surface area contributed by atoms with E-state index in [1.807, 2.05) is 63.2 Å². The number of nitrogens with one attached hydrogen (secondary N) is 1. The minimum absolute atomic E-state index is 0.0880. The quantitative estimate of drug-likeness (QED) is 0.494. The van der Waals surface area contributed by atoms with Crippen molar-refractivity contribution in [1.82, 2.24) is 14.5 Å². The highest BCUT2D eigenvalue weighted by molar-refractivity contribution is 9.10. The van der Waals surface area contributed by atoms with Gasteiger partial charge in [0.15, 0.2) is 0 Å². The standard InChI is InChI=1S/C23H28BrN3O4/c1-23(2,3)31-21(28)25-13-6-14-26-20-18(24)7-5-8-19(20)27(22(26)29)15-16-9-11-17(30-4)12-10-16/h5,7-12H,6,13-15H2,1-4H3,(H,25,28). The van der Waals surface area contributed by atoms with Crippen molar-refractivity contribution in [2.45, 2.75) is 45.9 Å². The van der Waals surface area contributed by atoms with E-state index in [1.165, 1.54) is 0 Å². The number of carbonyl (C=O) groups excluding carboxylic acids is 1. The van der Waals surface area contributed by atoms with E-state index in [9.17, 15) is 9.59 Å². The molecule has 3 aromatic rings. The van der Waals surface area contributed by atoms with E-state index in [1.54, 1.807) is 16.2 Å². The molecule has 166 valence electrons. The molecule has 0 atom stereocenters. The number of hydrogen-bond acceptors (Lipinski definition) is 4. The Kier molecular flexibility index (Phi) is 7.10. The third-order valence-corrected chi connectivity index (χ3v) is 5.35. The summed E-state index contributed by atoms with van der Waals surface area (Å²) in [6.07, 6.45) is 0.144. The fraction of sp³-hybridized carbons (Fsp3) is 0.391. The maximum atomic E-state index is 13.3. The highest BCUT2D eigenvalue weighted by Gasteiger charge is 2.17. The van der Waals surface area contributed by atoms with Crippen LogP contribution in [0.15, 0.2) is 51.7 Å². The number of alkyl carbamates (subject to hydrolysis) is 1. The average molecular weight is 490 g/mol. The second-order valence-corrected chi connectivity index (χ2v) is 9.11. The number of fused-ring (bicyclic) bond motifs is 1. The summed E-state index contributed by atoms with van der Waals surface area (Å²) >= 11 is 3.59. The second kappa shape index (κ2) is 9.60. The first-order valence-corrected chi connectivity index (χ1v) is 11.0. The van der Waals surface area contributed by atoms with Gasteiger partial charge in [-0.25, -0.2) is 9.59 Å². The van der Waals surface area contributed by atoms with Crippen LogP contribution in [-0.4, -0.2) is 34.5 Å². The first-order valence-electron chi connectivity index (χ1n) is 10.2. The molecule has 1 N–H and O–H groups in total. The highest BCUT2D eigenvalue weighted by atomic mass is 79.9. The van der Waals surface area contributed by atoms with Crippen molar-refractivity contribution < 1.29 is 14.3 Å². The maximum absolute atomic E-state index is 13.3. The Labute approximate surface area is 190 Å². The summed E-state index contributed by atoms with van der Waals surface area (Å²) < 4.78 is 14.8. The molecule has 0 aliphatic carbocycles. The van der Waals surface area contributed by atoms with Crippen LogP contribution in [-0.2, 0) is 17.8 Å². The van der Waals surface area contributed by atoms with Crippen molar-refractivity contribution in [2.24, 2.45) is 0 Å².